The van der Waals surface area contributed by atoms with Crippen LogP contribution in [-0.4, -0.2) is 36.7 Å². The maximum atomic E-state index is 5.45. The van der Waals surface area contributed by atoms with Crippen molar-refractivity contribution in [2.24, 2.45) is 5.92 Å². The molecule has 0 unspecified atom stereocenters. The second kappa shape index (κ2) is 6.63. The fraction of sp³-hybridized carbons (Fsp3) is 0.438. The zero-order valence-electron chi connectivity index (χ0n) is 12.4. The van der Waals surface area contributed by atoms with E-state index < -0.39 is 0 Å². The summed E-state index contributed by atoms with van der Waals surface area (Å²) in [6.45, 7) is 3.99. The third kappa shape index (κ3) is 3.36. The van der Waals surface area contributed by atoms with Crippen molar-refractivity contribution >= 4 is 5.69 Å². The molecule has 1 aromatic carbocycles. The molecule has 1 aliphatic rings. The number of ether oxygens (including phenoxy) is 1. The highest BCUT2D eigenvalue weighted by Crippen LogP contribution is 2.31. The molecule has 0 radical (unpaired) electrons. The Balaban J connectivity index is 1.51. The van der Waals surface area contributed by atoms with Gasteiger partial charge >= 0.3 is 0 Å². The van der Waals surface area contributed by atoms with Crippen molar-refractivity contribution in [3.05, 3.63) is 42.5 Å². The van der Waals surface area contributed by atoms with Crippen molar-refractivity contribution in [3.63, 3.8) is 0 Å². The number of aromatic nitrogens is 2. The number of imidazole rings is 1. The average Bonchev–Trinajstić information content (AvgIpc) is 3.19. The van der Waals surface area contributed by atoms with Gasteiger partial charge in [-0.05, 0) is 24.5 Å². The van der Waals surface area contributed by atoms with Crippen LogP contribution in [0.4, 0.5) is 5.69 Å². The summed E-state index contributed by atoms with van der Waals surface area (Å²) in [7, 11) is 1.73. The van der Waals surface area contributed by atoms with Gasteiger partial charge in [0, 0.05) is 32.0 Å². The van der Waals surface area contributed by atoms with Crippen LogP contribution in [0.5, 0.6) is 5.75 Å². The van der Waals surface area contributed by atoms with Crippen LogP contribution in [-0.2, 0) is 6.54 Å². The number of hydrogen-bond acceptors (Lipinski definition) is 4. The molecule has 2 heterocycles. The molecule has 0 saturated carbocycles. The van der Waals surface area contributed by atoms with Crippen LogP contribution in [0.3, 0.4) is 0 Å². The molecular formula is C16H22N4O. The van der Waals surface area contributed by atoms with E-state index in [1.54, 1.807) is 13.3 Å². The summed E-state index contributed by atoms with van der Waals surface area (Å²) < 4.78 is 5.45. The lowest BCUT2D eigenvalue weighted by molar-refractivity contribution is 0.414. The minimum Gasteiger partial charge on any atom is -0.495 e. The smallest absolute Gasteiger partial charge is 0.142 e. The SMILES string of the molecule is COc1ccccc1N1CC[C@H](CNCc2ncc[nH]2)C1. The molecule has 0 spiro atoms. The molecule has 0 aliphatic carbocycles. The number of anilines is 1. The van der Waals surface area contributed by atoms with E-state index in [-0.39, 0.29) is 0 Å². The van der Waals surface area contributed by atoms with Crippen molar-refractivity contribution in [2.75, 3.05) is 31.6 Å². The molecule has 1 fully saturated rings. The van der Waals surface area contributed by atoms with Gasteiger partial charge in [-0.1, -0.05) is 12.1 Å². The second-order valence-corrected chi connectivity index (χ2v) is 5.44. The summed E-state index contributed by atoms with van der Waals surface area (Å²) in [5.74, 6) is 2.63. The fourth-order valence-electron chi connectivity index (χ4n) is 2.90. The highest BCUT2D eigenvalue weighted by atomic mass is 16.5. The highest BCUT2D eigenvalue weighted by molar-refractivity contribution is 5.58. The minimum atomic E-state index is 0.671. The molecule has 5 nitrogen and oxygen atoms in total. The van der Waals surface area contributed by atoms with Crippen molar-refractivity contribution in [3.8, 4) is 5.75 Å². The summed E-state index contributed by atoms with van der Waals surface area (Å²) in [6, 6.07) is 8.25. The van der Waals surface area contributed by atoms with Gasteiger partial charge < -0.3 is 19.9 Å². The zero-order chi connectivity index (χ0) is 14.5. The lowest BCUT2D eigenvalue weighted by Gasteiger charge is -2.21. The Bertz CT molecular complexity index is 555. The zero-order valence-corrected chi connectivity index (χ0v) is 12.4. The number of benzene rings is 1. The normalized spacial score (nSPS) is 18.1. The average molecular weight is 286 g/mol. The molecule has 112 valence electrons. The predicted molar refractivity (Wildman–Crippen MR) is 83.6 cm³/mol. The first-order chi connectivity index (χ1) is 10.4. The molecule has 3 rings (SSSR count). The molecule has 5 heteroatoms. The Hall–Kier alpha value is -2.01. The fourth-order valence-corrected chi connectivity index (χ4v) is 2.90. The van der Waals surface area contributed by atoms with Gasteiger partial charge in [0.05, 0.1) is 19.3 Å². The van der Waals surface area contributed by atoms with E-state index in [4.69, 9.17) is 4.74 Å². The van der Waals surface area contributed by atoms with Crippen LogP contribution >= 0.6 is 0 Å². The van der Waals surface area contributed by atoms with Gasteiger partial charge in [0.25, 0.3) is 0 Å². The lowest BCUT2D eigenvalue weighted by Crippen LogP contribution is -2.26. The third-order valence-electron chi connectivity index (χ3n) is 3.99. The van der Waals surface area contributed by atoms with Crippen LogP contribution in [0.15, 0.2) is 36.7 Å². The number of methoxy groups -OCH3 is 1. The highest BCUT2D eigenvalue weighted by Gasteiger charge is 2.24. The van der Waals surface area contributed by atoms with Gasteiger partial charge in [-0.3, -0.25) is 0 Å². The Kier molecular flexibility index (Phi) is 4.40. The lowest BCUT2D eigenvalue weighted by atomic mass is 10.1. The molecule has 21 heavy (non-hydrogen) atoms. The molecule has 2 aromatic rings. The molecule has 1 saturated heterocycles. The van der Waals surface area contributed by atoms with Gasteiger partial charge in [0.15, 0.2) is 0 Å². The number of nitrogens with zero attached hydrogens (tertiary/aromatic N) is 2. The Morgan fingerprint density at radius 2 is 2.33 bits per heavy atom. The van der Waals surface area contributed by atoms with Gasteiger partial charge in [-0.25, -0.2) is 4.98 Å². The predicted octanol–water partition coefficient (Wildman–Crippen LogP) is 2.03. The van der Waals surface area contributed by atoms with E-state index in [2.05, 4.69) is 32.3 Å². The van der Waals surface area contributed by atoms with E-state index in [9.17, 15) is 0 Å². The first kappa shape index (κ1) is 13.9. The first-order valence-electron chi connectivity index (χ1n) is 7.44. The van der Waals surface area contributed by atoms with E-state index >= 15 is 0 Å². The third-order valence-corrected chi connectivity index (χ3v) is 3.99. The number of aromatic amines is 1. The molecular weight excluding hydrogens is 264 g/mol. The van der Waals surface area contributed by atoms with Crippen molar-refractivity contribution < 1.29 is 4.74 Å². The van der Waals surface area contributed by atoms with Crippen molar-refractivity contribution in [1.29, 1.82) is 0 Å². The summed E-state index contributed by atoms with van der Waals surface area (Å²) in [5, 5.41) is 3.48. The monoisotopic (exact) mass is 286 g/mol. The molecule has 1 aromatic heterocycles. The maximum Gasteiger partial charge on any atom is 0.142 e. The molecule has 1 atom stereocenters. The van der Waals surface area contributed by atoms with Crippen LogP contribution in [0, 0.1) is 5.92 Å². The van der Waals surface area contributed by atoms with Crippen LogP contribution < -0.4 is 15.0 Å². The number of rotatable bonds is 6. The largest absolute Gasteiger partial charge is 0.495 e. The Morgan fingerprint density at radius 1 is 1.43 bits per heavy atom. The number of H-pyrrole nitrogens is 1. The molecule has 1 aliphatic heterocycles. The van der Waals surface area contributed by atoms with Gasteiger partial charge in [0.2, 0.25) is 0 Å². The van der Waals surface area contributed by atoms with E-state index in [1.807, 2.05) is 18.3 Å². The van der Waals surface area contributed by atoms with Crippen LogP contribution in [0.25, 0.3) is 0 Å². The molecule has 0 amide bonds. The molecule has 0 bridgehead atoms. The Morgan fingerprint density at radius 3 is 3.14 bits per heavy atom. The first-order valence-corrected chi connectivity index (χ1v) is 7.44. The summed E-state index contributed by atoms with van der Waals surface area (Å²) in [6.07, 6.45) is 4.86. The summed E-state index contributed by atoms with van der Waals surface area (Å²) >= 11 is 0. The maximum absolute atomic E-state index is 5.45. The van der Waals surface area contributed by atoms with Gasteiger partial charge in [-0.15, -0.1) is 0 Å². The number of hydrogen-bond donors (Lipinski definition) is 2. The topological polar surface area (TPSA) is 53.2 Å². The quantitative estimate of drug-likeness (QED) is 0.853. The van der Waals surface area contributed by atoms with Crippen LogP contribution in [0.1, 0.15) is 12.2 Å². The van der Waals surface area contributed by atoms with Crippen LogP contribution in [0.2, 0.25) is 0 Å². The summed E-state index contributed by atoms with van der Waals surface area (Å²) in [4.78, 5) is 9.75. The minimum absolute atomic E-state index is 0.671. The van der Waals surface area contributed by atoms with E-state index in [0.29, 0.717) is 5.92 Å². The second-order valence-electron chi connectivity index (χ2n) is 5.44. The Labute approximate surface area is 125 Å². The van der Waals surface area contributed by atoms with Crippen molar-refractivity contribution in [2.45, 2.75) is 13.0 Å². The van der Waals surface area contributed by atoms with Gasteiger partial charge in [-0.2, -0.15) is 0 Å². The molecule has 2 N–H and O–H groups in total. The standard InChI is InChI=1S/C16H22N4O/c1-21-15-5-3-2-4-14(15)20-9-6-13(12-20)10-17-11-16-18-7-8-19-16/h2-5,7-8,13,17H,6,9-12H2,1H3,(H,18,19)/t13-/m1/s1. The van der Waals surface area contributed by atoms with E-state index in [0.717, 1.165) is 37.8 Å². The van der Waals surface area contributed by atoms with Gasteiger partial charge in [0.1, 0.15) is 11.6 Å². The number of nitrogens with one attached hydrogen (secondary N) is 2. The van der Waals surface area contributed by atoms with E-state index in [1.165, 1.54) is 12.1 Å². The summed E-state index contributed by atoms with van der Waals surface area (Å²) in [5.41, 5.74) is 1.20. The number of para-hydroxylation sites is 2. The van der Waals surface area contributed by atoms with Crippen molar-refractivity contribution in [1.82, 2.24) is 15.3 Å².